The van der Waals surface area contributed by atoms with Crippen LogP contribution in [0.4, 0.5) is 8.78 Å². The Labute approximate surface area is 106 Å². The average molecular weight is 265 g/mol. The van der Waals surface area contributed by atoms with E-state index in [9.17, 15) is 8.78 Å². The highest BCUT2D eigenvalue weighted by Gasteiger charge is 2.15. The molecular formula is C13H7ClF2N2. The Balaban J connectivity index is 2.30. The summed E-state index contributed by atoms with van der Waals surface area (Å²) < 4.78 is 28.9. The lowest BCUT2D eigenvalue weighted by molar-refractivity contribution is 0.589. The predicted octanol–water partition coefficient (Wildman–Crippen LogP) is 3.93. The molecule has 5 heteroatoms. The van der Waals surface area contributed by atoms with E-state index < -0.39 is 11.6 Å². The van der Waals surface area contributed by atoms with Gasteiger partial charge in [0.15, 0.2) is 5.65 Å². The van der Waals surface area contributed by atoms with E-state index in [0.717, 1.165) is 0 Å². The molecule has 0 fully saturated rings. The Kier molecular flexibility index (Phi) is 2.52. The van der Waals surface area contributed by atoms with Crippen molar-refractivity contribution < 1.29 is 8.78 Å². The maximum atomic E-state index is 13.6. The summed E-state index contributed by atoms with van der Waals surface area (Å²) in [5.41, 5.74) is 0.549. The number of aromatic nitrogens is 2. The lowest BCUT2D eigenvalue weighted by Gasteiger charge is -1.99. The highest BCUT2D eigenvalue weighted by atomic mass is 35.5. The van der Waals surface area contributed by atoms with Gasteiger partial charge in [-0.3, -0.25) is 0 Å². The molecule has 1 aromatic carbocycles. The Morgan fingerprint density at radius 1 is 1.06 bits per heavy atom. The molecule has 0 radical (unpaired) electrons. The fraction of sp³-hybridized carbons (Fsp3) is 0. The van der Waals surface area contributed by atoms with Crippen LogP contribution in [0.5, 0.6) is 0 Å². The van der Waals surface area contributed by atoms with Crippen LogP contribution in [0.15, 0.2) is 42.7 Å². The van der Waals surface area contributed by atoms with E-state index in [-0.39, 0.29) is 11.3 Å². The monoisotopic (exact) mass is 264 g/mol. The molecule has 0 aliphatic rings. The first-order chi connectivity index (χ1) is 8.66. The van der Waals surface area contributed by atoms with Crippen molar-refractivity contribution in [1.29, 1.82) is 0 Å². The maximum Gasteiger partial charge on any atom is 0.156 e. The van der Waals surface area contributed by atoms with Crippen molar-refractivity contribution in [3.63, 3.8) is 0 Å². The highest BCUT2D eigenvalue weighted by Crippen LogP contribution is 2.27. The van der Waals surface area contributed by atoms with Crippen LogP contribution in [0.3, 0.4) is 0 Å². The third-order valence-electron chi connectivity index (χ3n) is 2.65. The number of pyridine rings is 1. The summed E-state index contributed by atoms with van der Waals surface area (Å²) in [6.45, 7) is 0. The van der Waals surface area contributed by atoms with E-state index in [2.05, 4.69) is 4.98 Å². The molecule has 0 spiro atoms. The van der Waals surface area contributed by atoms with Crippen LogP contribution in [0.1, 0.15) is 0 Å². The fourth-order valence-corrected chi connectivity index (χ4v) is 2.05. The number of rotatable bonds is 1. The van der Waals surface area contributed by atoms with Crippen LogP contribution >= 0.6 is 11.6 Å². The molecule has 18 heavy (non-hydrogen) atoms. The van der Waals surface area contributed by atoms with Crippen LogP contribution in [0.25, 0.3) is 16.9 Å². The van der Waals surface area contributed by atoms with Crippen molar-refractivity contribution in [2.75, 3.05) is 0 Å². The van der Waals surface area contributed by atoms with Gasteiger partial charge in [0.05, 0.1) is 16.3 Å². The molecule has 0 aliphatic carbocycles. The van der Waals surface area contributed by atoms with E-state index in [1.54, 1.807) is 28.9 Å². The van der Waals surface area contributed by atoms with Crippen LogP contribution in [-0.2, 0) is 0 Å². The van der Waals surface area contributed by atoms with Crippen LogP contribution in [0, 0.1) is 11.6 Å². The largest absolute Gasteiger partial charge is 0.305 e. The molecular weight excluding hydrogens is 258 g/mol. The first kappa shape index (κ1) is 11.2. The molecule has 3 rings (SSSR count). The highest BCUT2D eigenvalue weighted by molar-refractivity contribution is 6.33. The Morgan fingerprint density at radius 2 is 1.78 bits per heavy atom. The van der Waals surface area contributed by atoms with Gasteiger partial charge in [0, 0.05) is 12.4 Å². The zero-order valence-electron chi connectivity index (χ0n) is 9.07. The van der Waals surface area contributed by atoms with Gasteiger partial charge in [-0.05, 0) is 24.3 Å². The number of fused-ring (bicyclic) bond motifs is 1. The lowest BCUT2D eigenvalue weighted by Crippen LogP contribution is -1.89. The van der Waals surface area contributed by atoms with Gasteiger partial charge < -0.3 is 4.40 Å². The summed E-state index contributed by atoms with van der Waals surface area (Å²) in [5, 5.41) is 0.431. The molecule has 2 aromatic heterocycles. The zero-order valence-corrected chi connectivity index (χ0v) is 9.83. The summed E-state index contributed by atoms with van der Waals surface area (Å²) in [5.74, 6) is -1.29. The molecule has 90 valence electrons. The second-order valence-corrected chi connectivity index (χ2v) is 4.22. The topological polar surface area (TPSA) is 17.3 Å². The number of benzene rings is 1. The van der Waals surface area contributed by atoms with Crippen molar-refractivity contribution >= 4 is 17.2 Å². The third kappa shape index (κ3) is 1.66. The van der Waals surface area contributed by atoms with Gasteiger partial charge in [-0.25, -0.2) is 13.8 Å². The molecule has 3 aromatic rings. The van der Waals surface area contributed by atoms with Crippen molar-refractivity contribution in [1.82, 2.24) is 9.38 Å². The van der Waals surface area contributed by atoms with Crippen molar-refractivity contribution in [2.24, 2.45) is 0 Å². The van der Waals surface area contributed by atoms with Gasteiger partial charge in [-0.1, -0.05) is 17.7 Å². The first-order valence-electron chi connectivity index (χ1n) is 5.24. The third-order valence-corrected chi connectivity index (χ3v) is 2.95. The van der Waals surface area contributed by atoms with Crippen LogP contribution < -0.4 is 0 Å². The minimum absolute atomic E-state index is 0.141. The van der Waals surface area contributed by atoms with Crippen LogP contribution in [0.2, 0.25) is 5.02 Å². The molecule has 0 unspecified atom stereocenters. The van der Waals surface area contributed by atoms with Gasteiger partial charge >= 0.3 is 0 Å². The zero-order chi connectivity index (χ0) is 12.7. The van der Waals surface area contributed by atoms with Gasteiger partial charge in [0.1, 0.15) is 11.6 Å². The Morgan fingerprint density at radius 3 is 2.44 bits per heavy atom. The summed E-state index contributed by atoms with van der Waals surface area (Å²) >= 11 is 5.97. The van der Waals surface area contributed by atoms with Crippen LogP contribution in [-0.4, -0.2) is 9.38 Å². The minimum Gasteiger partial charge on any atom is -0.305 e. The standard InChI is InChI=1S/C13H7ClF2N2/c14-8-3-2-6-18-7-11(17-13(8)18)12-9(15)4-1-5-10(12)16/h1-7H. The van der Waals surface area contributed by atoms with Gasteiger partial charge in [0.25, 0.3) is 0 Å². The lowest BCUT2D eigenvalue weighted by atomic mass is 10.1. The summed E-state index contributed by atoms with van der Waals surface area (Å²) in [6, 6.07) is 7.12. The fourth-order valence-electron chi connectivity index (χ4n) is 1.84. The van der Waals surface area contributed by atoms with E-state index in [0.29, 0.717) is 10.7 Å². The number of hydrogen-bond donors (Lipinski definition) is 0. The molecule has 0 atom stereocenters. The van der Waals surface area contributed by atoms with E-state index in [1.165, 1.54) is 18.2 Å². The summed E-state index contributed by atoms with van der Waals surface area (Å²) in [4.78, 5) is 4.16. The molecule has 2 nitrogen and oxygen atoms in total. The molecule has 0 amide bonds. The molecule has 0 aliphatic heterocycles. The normalized spacial score (nSPS) is 11.1. The van der Waals surface area contributed by atoms with Crippen molar-refractivity contribution in [2.45, 2.75) is 0 Å². The number of nitrogens with zero attached hydrogens (tertiary/aromatic N) is 2. The SMILES string of the molecule is Fc1cccc(F)c1-c1cn2cccc(Cl)c2n1. The smallest absolute Gasteiger partial charge is 0.156 e. The molecule has 0 saturated carbocycles. The van der Waals surface area contributed by atoms with Crippen molar-refractivity contribution in [3.8, 4) is 11.3 Å². The summed E-state index contributed by atoms with van der Waals surface area (Å²) in [6.07, 6.45) is 3.26. The predicted molar refractivity (Wildman–Crippen MR) is 65.6 cm³/mol. The number of halogens is 3. The molecule has 0 saturated heterocycles. The Hall–Kier alpha value is -1.94. The maximum absolute atomic E-state index is 13.6. The second kappa shape index (κ2) is 4.07. The molecule has 0 bridgehead atoms. The minimum atomic E-state index is -0.644. The first-order valence-corrected chi connectivity index (χ1v) is 5.62. The molecule has 0 N–H and O–H groups in total. The summed E-state index contributed by atoms with van der Waals surface area (Å²) in [7, 11) is 0. The Bertz CT molecular complexity index is 717. The number of hydrogen-bond acceptors (Lipinski definition) is 1. The second-order valence-electron chi connectivity index (χ2n) is 3.81. The van der Waals surface area contributed by atoms with Gasteiger partial charge in [-0.15, -0.1) is 0 Å². The van der Waals surface area contributed by atoms with Crippen molar-refractivity contribution in [3.05, 3.63) is 59.4 Å². The quantitative estimate of drug-likeness (QED) is 0.651. The number of imidazole rings is 1. The molecule has 2 heterocycles. The van der Waals surface area contributed by atoms with Gasteiger partial charge in [-0.2, -0.15) is 0 Å². The average Bonchev–Trinajstić information content (AvgIpc) is 2.74. The van der Waals surface area contributed by atoms with E-state index in [4.69, 9.17) is 11.6 Å². The van der Waals surface area contributed by atoms with Gasteiger partial charge in [0.2, 0.25) is 0 Å². The van der Waals surface area contributed by atoms with E-state index in [1.807, 2.05) is 0 Å². The van der Waals surface area contributed by atoms with E-state index >= 15 is 0 Å².